The Labute approximate surface area is 126 Å². The monoisotopic (exact) mass is 323 g/mol. The Bertz CT molecular complexity index is 496. The Morgan fingerprint density at radius 2 is 2.00 bits per heavy atom. The molecule has 0 aliphatic carbocycles. The van der Waals surface area contributed by atoms with Gasteiger partial charge >= 0.3 is 6.18 Å². The summed E-state index contributed by atoms with van der Waals surface area (Å²) in [7, 11) is 0. The second-order valence-electron chi connectivity index (χ2n) is 4.78. The van der Waals surface area contributed by atoms with Gasteiger partial charge in [0.1, 0.15) is 6.04 Å². The van der Waals surface area contributed by atoms with Crippen LogP contribution in [0.25, 0.3) is 0 Å². The highest BCUT2D eigenvalue weighted by Crippen LogP contribution is 2.29. The van der Waals surface area contributed by atoms with Crippen LogP contribution < -0.4 is 16.0 Å². The summed E-state index contributed by atoms with van der Waals surface area (Å²) in [6, 6.07) is 6.25. The van der Waals surface area contributed by atoms with Crippen LogP contribution in [0.5, 0.6) is 0 Å². The minimum Gasteiger partial charge on any atom is -0.368 e. The first-order chi connectivity index (χ1) is 9.37. The number of nitrogens with zero attached hydrogens (tertiary/aromatic N) is 1. The van der Waals surface area contributed by atoms with Crippen molar-refractivity contribution in [3.63, 3.8) is 0 Å². The fourth-order valence-corrected chi connectivity index (χ4v) is 2.18. The number of para-hydroxylation sites is 2. The summed E-state index contributed by atoms with van der Waals surface area (Å²) < 4.78 is 36.6. The number of benzene rings is 1. The van der Waals surface area contributed by atoms with Gasteiger partial charge in [-0.3, -0.25) is 4.79 Å². The SMILES string of the molecule is Cl.N[C@H]1CN(CCCC(F)(F)F)c2ccccc2NC1=O. The molecule has 1 aromatic carbocycles. The molecule has 0 unspecified atom stereocenters. The van der Waals surface area contributed by atoms with Crippen molar-refractivity contribution in [2.24, 2.45) is 5.73 Å². The zero-order valence-corrected chi connectivity index (χ0v) is 12.0. The maximum atomic E-state index is 12.2. The van der Waals surface area contributed by atoms with Gasteiger partial charge in [0.25, 0.3) is 0 Å². The van der Waals surface area contributed by atoms with Gasteiger partial charge in [0.2, 0.25) is 5.91 Å². The van der Waals surface area contributed by atoms with Crippen LogP contribution in [-0.4, -0.2) is 31.2 Å². The minimum atomic E-state index is -4.17. The van der Waals surface area contributed by atoms with Crippen LogP contribution in [0.1, 0.15) is 12.8 Å². The fraction of sp³-hybridized carbons (Fsp3) is 0.462. The second-order valence-corrected chi connectivity index (χ2v) is 4.78. The lowest BCUT2D eigenvalue weighted by Gasteiger charge is -2.25. The summed E-state index contributed by atoms with van der Waals surface area (Å²) in [5, 5.41) is 2.68. The van der Waals surface area contributed by atoms with Gasteiger partial charge in [-0.1, -0.05) is 12.1 Å². The highest BCUT2D eigenvalue weighted by molar-refractivity contribution is 5.99. The number of hydrogen-bond acceptors (Lipinski definition) is 3. The third-order valence-electron chi connectivity index (χ3n) is 3.14. The molecule has 3 N–H and O–H groups in total. The standard InChI is InChI=1S/C13H16F3N3O.ClH/c14-13(15,16)6-3-7-19-8-9(17)12(20)18-10-4-1-2-5-11(10)19;/h1-2,4-5,9H,3,6-8,17H2,(H,18,20);1H/t9-;/m0./s1. The van der Waals surface area contributed by atoms with E-state index in [4.69, 9.17) is 5.73 Å². The number of carbonyl (C=O) groups excluding carboxylic acids is 1. The molecule has 1 amide bonds. The molecule has 0 saturated heterocycles. The van der Waals surface area contributed by atoms with Crippen LogP contribution in [-0.2, 0) is 4.79 Å². The quantitative estimate of drug-likeness (QED) is 0.898. The van der Waals surface area contributed by atoms with Crippen LogP contribution >= 0.6 is 12.4 Å². The van der Waals surface area contributed by atoms with Crippen molar-refractivity contribution in [2.45, 2.75) is 25.1 Å². The Morgan fingerprint density at radius 3 is 2.67 bits per heavy atom. The number of rotatable bonds is 3. The Balaban J connectivity index is 0.00000220. The van der Waals surface area contributed by atoms with E-state index < -0.39 is 18.6 Å². The predicted octanol–water partition coefficient (Wildman–Crippen LogP) is 2.54. The normalized spacial score (nSPS) is 18.4. The molecule has 4 nitrogen and oxygen atoms in total. The molecule has 21 heavy (non-hydrogen) atoms. The first-order valence-electron chi connectivity index (χ1n) is 6.34. The second kappa shape index (κ2) is 7.00. The summed E-state index contributed by atoms with van der Waals surface area (Å²) >= 11 is 0. The molecule has 118 valence electrons. The van der Waals surface area contributed by atoms with Crippen molar-refractivity contribution in [2.75, 3.05) is 23.3 Å². The maximum Gasteiger partial charge on any atom is 0.389 e. The lowest BCUT2D eigenvalue weighted by Crippen LogP contribution is -2.43. The van der Waals surface area contributed by atoms with E-state index in [1.54, 1.807) is 29.2 Å². The Hall–Kier alpha value is -1.47. The molecule has 1 aliphatic heterocycles. The summed E-state index contributed by atoms with van der Waals surface area (Å²) in [5.74, 6) is -0.323. The smallest absolute Gasteiger partial charge is 0.368 e. The molecule has 8 heteroatoms. The van der Waals surface area contributed by atoms with Crippen molar-refractivity contribution in [1.82, 2.24) is 0 Å². The molecule has 1 aromatic rings. The number of hydrogen-bond donors (Lipinski definition) is 2. The largest absolute Gasteiger partial charge is 0.389 e. The fourth-order valence-electron chi connectivity index (χ4n) is 2.18. The van der Waals surface area contributed by atoms with E-state index in [9.17, 15) is 18.0 Å². The van der Waals surface area contributed by atoms with Gasteiger partial charge in [-0.2, -0.15) is 13.2 Å². The first-order valence-corrected chi connectivity index (χ1v) is 6.34. The molecule has 0 saturated carbocycles. The molecule has 0 spiro atoms. The summed E-state index contributed by atoms with van der Waals surface area (Å²) in [5.41, 5.74) is 7.02. The van der Waals surface area contributed by atoms with E-state index in [0.29, 0.717) is 11.4 Å². The van der Waals surface area contributed by atoms with E-state index >= 15 is 0 Å². The third-order valence-corrected chi connectivity index (χ3v) is 3.14. The summed E-state index contributed by atoms with van der Waals surface area (Å²) in [6.07, 6.45) is -5.04. The number of nitrogens with two attached hydrogens (primary N) is 1. The van der Waals surface area contributed by atoms with Crippen LogP contribution in [0.15, 0.2) is 24.3 Å². The van der Waals surface area contributed by atoms with Gasteiger partial charge in [0.05, 0.1) is 11.4 Å². The number of fused-ring (bicyclic) bond motifs is 1. The highest BCUT2D eigenvalue weighted by Gasteiger charge is 2.28. The molecule has 0 aromatic heterocycles. The van der Waals surface area contributed by atoms with E-state index in [0.717, 1.165) is 0 Å². The number of anilines is 2. The van der Waals surface area contributed by atoms with Gasteiger partial charge in [-0.15, -0.1) is 12.4 Å². The lowest BCUT2D eigenvalue weighted by molar-refractivity contribution is -0.135. The molecular formula is C13H17ClF3N3O. The molecule has 0 radical (unpaired) electrons. The van der Waals surface area contributed by atoms with Crippen molar-refractivity contribution >= 4 is 29.7 Å². The average molecular weight is 324 g/mol. The molecule has 2 rings (SSSR count). The summed E-state index contributed by atoms with van der Waals surface area (Å²) in [6.45, 7) is 0.417. The van der Waals surface area contributed by atoms with Crippen molar-refractivity contribution in [3.05, 3.63) is 24.3 Å². The average Bonchev–Trinajstić information content (AvgIpc) is 2.47. The zero-order chi connectivity index (χ0) is 14.8. The van der Waals surface area contributed by atoms with Crippen LogP contribution in [0.2, 0.25) is 0 Å². The number of alkyl halides is 3. The zero-order valence-electron chi connectivity index (χ0n) is 11.2. The molecular weight excluding hydrogens is 307 g/mol. The van der Waals surface area contributed by atoms with Gasteiger partial charge in [0, 0.05) is 19.5 Å². The molecule has 1 aliphatic rings. The first kappa shape index (κ1) is 17.6. The molecule has 1 atom stereocenters. The predicted molar refractivity (Wildman–Crippen MR) is 77.8 cm³/mol. The number of nitrogens with one attached hydrogen (secondary N) is 1. The van der Waals surface area contributed by atoms with Crippen LogP contribution in [0, 0.1) is 0 Å². The Kier molecular flexibility index (Phi) is 5.86. The topological polar surface area (TPSA) is 58.4 Å². The molecule has 0 fully saturated rings. The highest BCUT2D eigenvalue weighted by atomic mass is 35.5. The summed E-state index contributed by atoms with van der Waals surface area (Å²) in [4.78, 5) is 13.4. The molecule has 0 bridgehead atoms. The maximum absolute atomic E-state index is 12.2. The van der Waals surface area contributed by atoms with Crippen LogP contribution in [0.4, 0.5) is 24.5 Å². The number of halogens is 4. The van der Waals surface area contributed by atoms with Crippen molar-refractivity contribution < 1.29 is 18.0 Å². The van der Waals surface area contributed by atoms with E-state index in [1.807, 2.05) is 0 Å². The van der Waals surface area contributed by atoms with Crippen LogP contribution in [0.3, 0.4) is 0 Å². The Morgan fingerprint density at radius 1 is 1.33 bits per heavy atom. The van der Waals surface area contributed by atoms with E-state index in [1.165, 1.54) is 0 Å². The van der Waals surface area contributed by atoms with E-state index in [-0.39, 0.29) is 37.8 Å². The van der Waals surface area contributed by atoms with E-state index in [2.05, 4.69) is 5.32 Å². The number of carbonyl (C=O) groups is 1. The van der Waals surface area contributed by atoms with Gasteiger partial charge in [-0.05, 0) is 18.6 Å². The third kappa shape index (κ3) is 4.78. The molecule has 1 heterocycles. The lowest BCUT2D eigenvalue weighted by atomic mass is 10.2. The minimum absolute atomic E-state index is 0. The van der Waals surface area contributed by atoms with Gasteiger partial charge in [0.15, 0.2) is 0 Å². The van der Waals surface area contributed by atoms with Crippen molar-refractivity contribution in [1.29, 1.82) is 0 Å². The van der Waals surface area contributed by atoms with Gasteiger partial charge in [-0.25, -0.2) is 0 Å². The number of amides is 1. The van der Waals surface area contributed by atoms with Gasteiger partial charge < -0.3 is 16.0 Å². The van der Waals surface area contributed by atoms with Crippen molar-refractivity contribution in [3.8, 4) is 0 Å².